The molecule has 2 N–H and O–H groups in total. The number of hydrogen-bond donors (Lipinski definition) is 2. The highest BCUT2D eigenvalue weighted by Gasteiger charge is 2.45. The Morgan fingerprint density at radius 2 is 1.75 bits per heavy atom. The van der Waals surface area contributed by atoms with Gasteiger partial charge in [-0.1, -0.05) is 42.5 Å². The molecule has 1 heterocycles. The third-order valence-corrected chi connectivity index (χ3v) is 4.41. The molecule has 0 spiro atoms. The average Bonchev–Trinajstić information content (AvgIpc) is 3.41. The van der Waals surface area contributed by atoms with Gasteiger partial charge in [0.25, 0.3) is 0 Å². The first-order valence-corrected chi connectivity index (χ1v) is 8.07. The number of carbonyl (C=O) groups is 1. The highest BCUT2D eigenvalue weighted by Crippen LogP contribution is 2.45. The van der Waals surface area contributed by atoms with Gasteiger partial charge in [0.2, 0.25) is 5.91 Å². The largest absolute Gasteiger partial charge is 0.360 e. The zero-order valence-electron chi connectivity index (χ0n) is 13.2. The van der Waals surface area contributed by atoms with Crippen LogP contribution in [0.5, 0.6) is 0 Å². The standard InChI is InChI=1S/C19H18N4O/c24-17(23-19(10-11-19)14-6-2-1-3-7-14)12-20-18-15-8-4-5-9-16(15)21-13-22-18/h1-9,13H,10-12H2,(H,23,24)(H,20,21,22). The van der Waals surface area contributed by atoms with Gasteiger partial charge in [-0.15, -0.1) is 0 Å². The van der Waals surface area contributed by atoms with Gasteiger partial charge in [0, 0.05) is 5.39 Å². The number of hydrogen-bond acceptors (Lipinski definition) is 4. The minimum atomic E-state index is -0.187. The zero-order chi connectivity index (χ0) is 16.4. The first kappa shape index (κ1) is 14.6. The molecular weight excluding hydrogens is 300 g/mol. The molecular formula is C19H18N4O. The van der Waals surface area contributed by atoms with Gasteiger partial charge in [0.1, 0.15) is 12.1 Å². The smallest absolute Gasteiger partial charge is 0.240 e. The molecule has 1 aromatic heterocycles. The van der Waals surface area contributed by atoms with Gasteiger partial charge in [0.15, 0.2) is 0 Å². The molecule has 0 atom stereocenters. The number of amides is 1. The lowest BCUT2D eigenvalue weighted by molar-refractivity contribution is -0.120. The number of nitrogens with one attached hydrogen (secondary N) is 2. The number of anilines is 1. The Bertz CT molecular complexity index is 869. The summed E-state index contributed by atoms with van der Waals surface area (Å²) in [7, 11) is 0. The highest BCUT2D eigenvalue weighted by atomic mass is 16.2. The van der Waals surface area contributed by atoms with Gasteiger partial charge in [-0.05, 0) is 30.5 Å². The monoisotopic (exact) mass is 318 g/mol. The van der Waals surface area contributed by atoms with Crippen LogP contribution in [0.15, 0.2) is 60.9 Å². The molecule has 5 nitrogen and oxygen atoms in total. The van der Waals surface area contributed by atoms with Gasteiger partial charge < -0.3 is 10.6 Å². The minimum Gasteiger partial charge on any atom is -0.360 e. The fourth-order valence-corrected chi connectivity index (χ4v) is 2.99. The average molecular weight is 318 g/mol. The lowest BCUT2D eigenvalue weighted by Gasteiger charge is -2.18. The Morgan fingerprint density at radius 3 is 2.54 bits per heavy atom. The van der Waals surface area contributed by atoms with Crippen molar-refractivity contribution in [3.8, 4) is 0 Å². The third-order valence-electron chi connectivity index (χ3n) is 4.41. The van der Waals surface area contributed by atoms with Crippen molar-refractivity contribution < 1.29 is 4.79 Å². The molecule has 0 aliphatic heterocycles. The van der Waals surface area contributed by atoms with Crippen LogP contribution in [0.25, 0.3) is 10.9 Å². The maximum Gasteiger partial charge on any atom is 0.240 e. The van der Waals surface area contributed by atoms with E-state index in [1.165, 1.54) is 11.9 Å². The second-order valence-electron chi connectivity index (χ2n) is 6.09. The summed E-state index contributed by atoms with van der Waals surface area (Å²) in [5.41, 5.74) is 1.84. The second kappa shape index (κ2) is 5.92. The molecule has 3 aromatic rings. The van der Waals surface area contributed by atoms with E-state index >= 15 is 0 Å². The predicted octanol–water partition coefficient (Wildman–Crippen LogP) is 2.85. The summed E-state index contributed by atoms with van der Waals surface area (Å²) in [6.07, 6.45) is 3.48. The van der Waals surface area contributed by atoms with Gasteiger partial charge in [-0.3, -0.25) is 4.79 Å². The van der Waals surface area contributed by atoms with Gasteiger partial charge in [-0.25, -0.2) is 9.97 Å². The van der Waals surface area contributed by atoms with E-state index in [-0.39, 0.29) is 18.0 Å². The summed E-state index contributed by atoms with van der Waals surface area (Å²) in [6.45, 7) is 0.190. The molecule has 24 heavy (non-hydrogen) atoms. The Kier molecular flexibility index (Phi) is 3.61. The number of para-hydroxylation sites is 1. The van der Waals surface area contributed by atoms with Gasteiger partial charge in [0.05, 0.1) is 17.6 Å². The van der Waals surface area contributed by atoms with Crippen molar-refractivity contribution in [2.24, 2.45) is 0 Å². The lowest BCUT2D eigenvalue weighted by Crippen LogP contribution is -2.38. The molecule has 0 unspecified atom stereocenters. The van der Waals surface area contributed by atoms with Crippen LogP contribution in [0.2, 0.25) is 0 Å². The molecule has 1 fully saturated rings. The Labute approximate surface area is 140 Å². The van der Waals surface area contributed by atoms with E-state index in [4.69, 9.17) is 0 Å². The van der Waals surface area contributed by atoms with Crippen LogP contribution in [0.1, 0.15) is 18.4 Å². The first-order valence-electron chi connectivity index (χ1n) is 8.07. The van der Waals surface area contributed by atoms with E-state index in [9.17, 15) is 4.79 Å². The molecule has 120 valence electrons. The van der Waals surface area contributed by atoms with Gasteiger partial charge >= 0.3 is 0 Å². The van der Waals surface area contributed by atoms with Crippen LogP contribution in [-0.4, -0.2) is 22.4 Å². The van der Waals surface area contributed by atoms with Crippen LogP contribution < -0.4 is 10.6 Å². The zero-order valence-corrected chi connectivity index (χ0v) is 13.2. The number of nitrogens with zero attached hydrogens (tertiary/aromatic N) is 2. The summed E-state index contributed by atoms with van der Waals surface area (Å²) >= 11 is 0. The molecule has 1 saturated carbocycles. The molecule has 0 bridgehead atoms. The fraction of sp³-hybridized carbons (Fsp3) is 0.211. The third kappa shape index (κ3) is 2.80. The SMILES string of the molecule is O=C(CNc1ncnc2ccccc12)NC1(c2ccccc2)CC1. The minimum absolute atomic E-state index is 0.0287. The second-order valence-corrected chi connectivity index (χ2v) is 6.09. The number of benzene rings is 2. The molecule has 0 saturated heterocycles. The number of rotatable bonds is 5. The number of aromatic nitrogens is 2. The van der Waals surface area contributed by atoms with E-state index < -0.39 is 0 Å². The molecule has 1 amide bonds. The van der Waals surface area contributed by atoms with Crippen LogP contribution in [0.3, 0.4) is 0 Å². The van der Waals surface area contributed by atoms with E-state index in [0.29, 0.717) is 5.82 Å². The first-order chi connectivity index (χ1) is 11.8. The van der Waals surface area contributed by atoms with Crippen molar-refractivity contribution in [3.05, 3.63) is 66.5 Å². The fourth-order valence-electron chi connectivity index (χ4n) is 2.99. The highest BCUT2D eigenvalue weighted by molar-refractivity contribution is 5.90. The summed E-state index contributed by atoms with van der Waals surface area (Å²) in [4.78, 5) is 20.8. The summed E-state index contributed by atoms with van der Waals surface area (Å²) in [6, 6.07) is 17.9. The van der Waals surface area contributed by atoms with E-state index in [0.717, 1.165) is 23.7 Å². The van der Waals surface area contributed by atoms with Crippen molar-refractivity contribution in [2.75, 3.05) is 11.9 Å². The normalized spacial score (nSPS) is 15.0. The van der Waals surface area contributed by atoms with E-state index in [1.807, 2.05) is 42.5 Å². The predicted molar refractivity (Wildman–Crippen MR) is 93.5 cm³/mol. The van der Waals surface area contributed by atoms with Crippen LogP contribution in [-0.2, 0) is 10.3 Å². The Hall–Kier alpha value is -2.95. The van der Waals surface area contributed by atoms with Crippen molar-refractivity contribution in [2.45, 2.75) is 18.4 Å². The lowest BCUT2D eigenvalue weighted by atomic mass is 10.1. The van der Waals surface area contributed by atoms with Crippen molar-refractivity contribution in [1.29, 1.82) is 0 Å². The maximum absolute atomic E-state index is 12.4. The maximum atomic E-state index is 12.4. The van der Waals surface area contributed by atoms with E-state index in [1.54, 1.807) is 0 Å². The quantitative estimate of drug-likeness (QED) is 0.759. The van der Waals surface area contributed by atoms with E-state index in [2.05, 4.69) is 32.7 Å². The molecule has 2 aromatic carbocycles. The summed E-state index contributed by atoms with van der Waals surface area (Å²) in [5, 5.41) is 7.20. The van der Waals surface area contributed by atoms with Crippen LogP contribution >= 0.6 is 0 Å². The molecule has 4 rings (SSSR count). The summed E-state index contributed by atoms with van der Waals surface area (Å²) in [5.74, 6) is 0.652. The van der Waals surface area contributed by atoms with Crippen LogP contribution in [0, 0.1) is 0 Å². The molecule has 1 aliphatic carbocycles. The number of carbonyl (C=O) groups excluding carboxylic acids is 1. The molecule has 0 radical (unpaired) electrons. The topological polar surface area (TPSA) is 66.9 Å². The molecule has 1 aliphatic rings. The Morgan fingerprint density at radius 1 is 1.00 bits per heavy atom. The summed E-state index contributed by atoms with van der Waals surface area (Å²) < 4.78 is 0. The Balaban J connectivity index is 1.44. The van der Waals surface area contributed by atoms with Gasteiger partial charge in [-0.2, -0.15) is 0 Å². The van der Waals surface area contributed by atoms with Crippen molar-refractivity contribution >= 4 is 22.6 Å². The molecule has 5 heteroatoms. The number of fused-ring (bicyclic) bond motifs is 1. The van der Waals surface area contributed by atoms with Crippen LogP contribution in [0.4, 0.5) is 5.82 Å². The van der Waals surface area contributed by atoms with Crippen molar-refractivity contribution in [1.82, 2.24) is 15.3 Å². The van der Waals surface area contributed by atoms with Crippen molar-refractivity contribution in [3.63, 3.8) is 0 Å².